The van der Waals surface area contributed by atoms with Crippen LogP contribution in [0.15, 0.2) is 66.7 Å². The van der Waals surface area contributed by atoms with Crippen molar-refractivity contribution in [3.8, 4) is 23.0 Å². The van der Waals surface area contributed by atoms with Crippen molar-refractivity contribution in [2.24, 2.45) is 11.8 Å². The number of unbranched alkanes of at least 4 members (excludes halogenated alkanes) is 2. The maximum absolute atomic E-state index is 12.3. The fourth-order valence-corrected chi connectivity index (χ4v) is 4.24. The molecule has 1 aliphatic rings. The number of aliphatic hydroxyl groups is 1. The van der Waals surface area contributed by atoms with Gasteiger partial charge in [0, 0.05) is 30.8 Å². The molecule has 4 heteroatoms. The van der Waals surface area contributed by atoms with Gasteiger partial charge in [-0.2, -0.15) is 0 Å². The van der Waals surface area contributed by atoms with E-state index in [0.29, 0.717) is 19.3 Å². The molecule has 2 aromatic rings. The lowest BCUT2D eigenvalue weighted by Crippen LogP contribution is -2.14. The number of hydrogen-bond acceptors (Lipinski definition) is 3. The molecule has 0 spiro atoms. The summed E-state index contributed by atoms with van der Waals surface area (Å²) in [5, 5.41) is 19.1. The van der Waals surface area contributed by atoms with Crippen molar-refractivity contribution in [1.82, 2.24) is 0 Å². The number of aliphatic hydroxyl groups excluding tert-OH is 1. The van der Waals surface area contributed by atoms with Gasteiger partial charge in [0.1, 0.15) is 11.9 Å². The molecule has 2 aromatic carbocycles. The van der Waals surface area contributed by atoms with E-state index in [9.17, 15) is 14.7 Å². The van der Waals surface area contributed by atoms with Crippen LogP contribution in [0.5, 0.6) is 0 Å². The molecule has 3 rings (SSSR count). The molecule has 1 saturated carbocycles. The zero-order valence-corrected chi connectivity index (χ0v) is 18.2. The topological polar surface area (TPSA) is 74.6 Å². The number of allylic oxidation sites excluding steroid dienone is 1. The summed E-state index contributed by atoms with van der Waals surface area (Å²) in [7, 11) is 0. The first-order chi connectivity index (χ1) is 15.5. The molecule has 0 aromatic heterocycles. The fraction of sp³-hybridized carbons (Fsp3) is 0.357. The summed E-state index contributed by atoms with van der Waals surface area (Å²) < 4.78 is 0. The van der Waals surface area contributed by atoms with Gasteiger partial charge >= 0.3 is 5.97 Å². The van der Waals surface area contributed by atoms with E-state index in [0.717, 1.165) is 48.4 Å². The number of benzene rings is 2. The summed E-state index contributed by atoms with van der Waals surface area (Å²) >= 11 is 0. The Kier molecular flexibility index (Phi) is 8.83. The number of ketones is 1. The summed E-state index contributed by atoms with van der Waals surface area (Å²) in [5.74, 6) is 5.42. The molecule has 1 aliphatic carbocycles. The molecule has 0 saturated heterocycles. The summed E-state index contributed by atoms with van der Waals surface area (Å²) in [5.41, 5.74) is 3.28. The van der Waals surface area contributed by atoms with E-state index in [-0.39, 0.29) is 17.6 Å². The highest BCUT2D eigenvalue weighted by Gasteiger charge is 2.32. The van der Waals surface area contributed by atoms with Crippen molar-refractivity contribution in [2.45, 2.75) is 51.0 Å². The third kappa shape index (κ3) is 7.21. The molecule has 0 bridgehead atoms. The van der Waals surface area contributed by atoms with Crippen LogP contribution in [0.1, 0.15) is 44.1 Å². The Balaban J connectivity index is 1.53. The lowest BCUT2D eigenvalue weighted by Gasteiger charge is -2.13. The summed E-state index contributed by atoms with van der Waals surface area (Å²) in [4.78, 5) is 22.8. The highest BCUT2D eigenvalue weighted by Crippen LogP contribution is 2.32. The van der Waals surface area contributed by atoms with Crippen molar-refractivity contribution in [3.63, 3.8) is 0 Å². The van der Waals surface area contributed by atoms with Crippen LogP contribution in [-0.4, -0.2) is 28.1 Å². The number of hydrogen-bond donors (Lipinski definition) is 2. The van der Waals surface area contributed by atoms with Gasteiger partial charge in [-0.25, -0.2) is 4.79 Å². The summed E-state index contributed by atoms with van der Waals surface area (Å²) in [6.07, 6.45) is 7.00. The maximum atomic E-state index is 12.3. The van der Waals surface area contributed by atoms with Gasteiger partial charge in [-0.3, -0.25) is 4.79 Å². The molecule has 32 heavy (non-hydrogen) atoms. The Morgan fingerprint density at radius 3 is 2.66 bits per heavy atom. The molecule has 1 fully saturated rings. The Morgan fingerprint density at radius 2 is 1.88 bits per heavy atom. The van der Waals surface area contributed by atoms with Gasteiger partial charge in [-0.15, -0.1) is 0 Å². The van der Waals surface area contributed by atoms with Crippen molar-refractivity contribution in [1.29, 1.82) is 0 Å². The quantitative estimate of drug-likeness (QED) is 0.331. The molecule has 166 valence electrons. The van der Waals surface area contributed by atoms with Crippen LogP contribution in [0.2, 0.25) is 0 Å². The van der Waals surface area contributed by atoms with Crippen molar-refractivity contribution in [3.05, 3.63) is 72.3 Å². The van der Waals surface area contributed by atoms with E-state index in [1.165, 1.54) is 0 Å². The van der Waals surface area contributed by atoms with Crippen LogP contribution < -0.4 is 0 Å². The lowest BCUT2D eigenvalue weighted by molar-refractivity contribution is -0.131. The Labute approximate surface area is 190 Å². The van der Waals surface area contributed by atoms with Gasteiger partial charge < -0.3 is 10.2 Å². The molecular formula is C28H30O4. The predicted molar refractivity (Wildman–Crippen MR) is 126 cm³/mol. The number of carbonyl (C=O) groups is 2. The average Bonchev–Trinajstić information content (AvgIpc) is 3.14. The lowest BCUT2D eigenvalue weighted by atomic mass is 9.90. The van der Waals surface area contributed by atoms with Crippen LogP contribution in [0.25, 0.3) is 11.1 Å². The fourth-order valence-electron chi connectivity index (χ4n) is 4.24. The smallest absolute Gasteiger partial charge is 0.327 e. The molecule has 4 nitrogen and oxygen atoms in total. The third-order valence-corrected chi connectivity index (χ3v) is 5.90. The normalized spacial score (nSPS) is 19.0. The largest absolute Gasteiger partial charge is 0.478 e. The van der Waals surface area contributed by atoms with Crippen molar-refractivity contribution in [2.75, 3.05) is 0 Å². The van der Waals surface area contributed by atoms with Gasteiger partial charge in [0.05, 0.1) is 0 Å². The SMILES string of the molecule is O=C(O)/C=C/CCCC[C@H]1C(=O)CC[C@@H]1C#C[C@@H](O)Cc1cccc(-c2ccccc2)c1. The first-order valence-electron chi connectivity index (χ1n) is 11.3. The number of aliphatic carboxylic acids is 1. The molecule has 0 unspecified atom stereocenters. The van der Waals surface area contributed by atoms with Crippen LogP contribution >= 0.6 is 0 Å². The zero-order valence-electron chi connectivity index (χ0n) is 18.2. The minimum Gasteiger partial charge on any atom is -0.478 e. The highest BCUT2D eigenvalue weighted by molar-refractivity contribution is 5.84. The van der Waals surface area contributed by atoms with E-state index in [1.54, 1.807) is 6.08 Å². The second-order valence-electron chi connectivity index (χ2n) is 8.32. The molecule has 0 aliphatic heterocycles. The number of carboxylic acids is 1. The molecule has 0 amide bonds. The summed E-state index contributed by atoms with van der Waals surface area (Å²) in [6, 6.07) is 18.3. The third-order valence-electron chi connectivity index (χ3n) is 5.90. The molecule has 3 atom stereocenters. The Hall–Kier alpha value is -3.16. The minimum atomic E-state index is -0.934. The first-order valence-corrected chi connectivity index (χ1v) is 11.3. The highest BCUT2D eigenvalue weighted by atomic mass is 16.4. The van der Waals surface area contributed by atoms with Crippen LogP contribution in [0.4, 0.5) is 0 Å². The summed E-state index contributed by atoms with van der Waals surface area (Å²) in [6.45, 7) is 0. The second-order valence-corrected chi connectivity index (χ2v) is 8.32. The number of carbonyl (C=O) groups excluding carboxylic acids is 1. The van der Waals surface area contributed by atoms with E-state index in [4.69, 9.17) is 5.11 Å². The molecule has 2 N–H and O–H groups in total. The molecule has 0 heterocycles. The number of Topliss-reactive ketones (excluding diaryl/α,β-unsaturated/α-hetero) is 1. The van der Waals surface area contributed by atoms with E-state index in [2.05, 4.69) is 36.1 Å². The van der Waals surface area contributed by atoms with Crippen molar-refractivity contribution >= 4 is 11.8 Å². The van der Waals surface area contributed by atoms with Gasteiger partial charge in [-0.05, 0) is 42.4 Å². The second kappa shape index (κ2) is 12.0. The van der Waals surface area contributed by atoms with Gasteiger partial charge in [0.25, 0.3) is 0 Å². The molecular weight excluding hydrogens is 400 g/mol. The first kappa shape index (κ1) is 23.5. The Morgan fingerprint density at radius 1 is 1.09 bits per heavy atom. The zero-order chi connectivity index (χ0) is 22.8. The van der Waals surface area contributed by atoms with E-state index < -0.39 is 12.1 Å². The van der Waals surface area contributed by atoms with Gasteiger partial charge in [-0.1, -0.05) is 78.9 Å². The Bertz CT molecular complexity index is 997. The van der Waals surface area contributed by atoms with Crippen LogP contribution in [-0.2, 0) is 16.0 Å². The van der Waals surface area contributed by atoms with Crippen LogP contribution in [0, 0.1) is 23.7 Å². The van der Waals surface area contributed by atoms with Gasteiger partial charge in [0.2, 0.25) is 0 Å². The molecule has 0 radical (unpaired) electrons. The number of rotatable bonds is 9. The van der Waals surface area contributed by atoms with Gasteiger partial charge in [0.15, 0.2) is 0 Å². The predicted octanol–water partition coefficient (Wildman–Crippen LogP) is 5.06. The van der Waals surface area contributed by atoms with Crippen LogP contribution in [0.3, 0.4) is 0 Å². The maximum Gasteiger partial charge on any atom is 0.327 e. The van der Waals surface area contributed by atoms with E-state index >= 15 is 0 Å². The minimum absolute atomic E-state index is 0.00219. The number of carboxylic acid groups (broad SMARTS) is 1. The standard InChI is InChI=1S/C28H30O4/c29-25(20-21-9-8-12-24(19-21)22-10-4-3-5-11-22)17-15-23-16-18-27(30)26(23)13-6-1-2-7-14-28(31)32/h3-5,7-12,14,19,23,25-26,29H,1-2,6,13,16,18,20H2,(H,31,32)/b14-7+/t23-,25+,26+/m0/s1. The monoisotopic (exact) mass is 430 g/mol. The van der Waals surface area contributed by atoms with E-state index in [1.807, 2.05) is 30.3 Å². The van der Waals surface area contributed by atoms with Crippen molar-refractivity contribution < 1.29 is 19.8 Å². The average molecular weight is 431 g/mol.